The van der Waals surface area contributed by atoms with Crippen LogP contribution in [0.5, 0.6) is 0 Å². The zero-order valence-electron chi connectivity index (χ0n) is 10.6. The van der Waals surface area contributed by atoms with Crippen molar-refractivity contribution < 1.29 is 9.53 Å². The SMILES string of the molecule is CN(CCOCC1CC1)C(=O)c1cc(N)ccn1. The van der Waals surface area contributed by atoms with Crippen molar-refractivity contribution in [2.24, 2.45) is 5.92 Å². The summed E-state index contributed by atoms with van der Waals surface area (Å²) in [5.74, 6) is 0.624. The van der Waals surface area contributed by atoms with Crippen LogP contribution in [0.3, 0.4) is 0 Å². The molecule has 0 saturated heterocycles. The van der Waals surface area contributed by atoms with E-state index in [0.29, 0.717) is 24.5 Å². The molecule has 0 atom stereocenters. The van der Waals surface area contributed by atoms with E-state index in [9.17, 15) is 4.79 Å². The predicted molar refractivity (Wildman–Crippen MR) is 69.2 cm³/mol. The van der Waals surface area contributed by atoms with Crippen LogP contribution < -0.4 is 5.73 Å². The number of aromatic nitrogens is 1. The van der Waals surface area contributed by atoms with E-state index >= 15 is 0 Å². The van der Waals surface area contributed by atoms with E-state index in [1.165, 1.54) is 12.8 Å². The molecule has 1 aromatic heterocycles. The minimum absolute atomic E-state index is 0.127. The van der Waals surface area contributed by atoms with Gasteiger partial charge >= 0.3 is 0 Å². The number of anilines is 1. The van der Waals surface area contributed by atoms with Gasteiger partial charge in [0.15, 0.2) is 0 Å². The predicted octanol–water partition coefficient (Wildman–Crippen LogP) is 1.16. The number of hydrogen-bond acceptors (Lipinski definition) is 4. The molecule has 2 N–H and O–H groups in total. The van der Waals surface area contributed by atoms with Gasteiger partial charge < -0.3 is 15.4 Å². The lowest BCUT2D eigenvalue weighted by Crippen LogP contribution is -2.31. The van der Waals surface area contributed by atoms with Crippen LogP contribution in [0.4, 0.5) is 5.69 Å². The minimum atomic E-state index is -0.127. The number of nitrogens with zero attached hydrogens (tertiary/aromatic N) is 2. The molecule has 0 radical (unpaired) electrons. The van der Waals surface area contributed by atoms with E-state index in [0.717, 1.165) is 12.5 Å². The fraction of sp³-hybridized carbons (Fsp3) is 0.538. The molecule has 0 bridgehead atoms. The highest BCUT2D eigenvalue weighted by molar-refractivity contribution is 5.92. The molecular weight excluding hydrogens is 230 g/mol. The summed E-state index contributed by atoms with van der Waals surface area (Å²) >= 11 is 0. The van der Waals surface area contributed by atoms with Gasteiger partial charge in [-0.1, -0.05) is 0 Å². The van der Waals surface area contributed by atoms with E-state index in [4.69, 9.17) is 10.5 Å². The van der Waals surface area contributed by atoms with Gasteiger partial charge in [0.05, 0.1) is 6.61 Å². The summed E-state index contributed by atoms with van der Waals surface area (Å²) in [7, 11) is 1.74. The van der Waals surface area contributed by atoms with Crippen LogP contribution in [0, 0.1) is 5.92 Å². The molecule has 1 amide bonds. The quantitative estimate of drug-likeness (QED) is 0.768. The van der Waals surface area contributed by atoms with Gasteiger partial charge in [0.2, 0.25) is 0 Å². The number of likely N-dealkylation sites (N-methyl/N-ethyl adjacent to an activating group) is 1. The molecule has 18 heavy (non-hydrogen) atoms. The molecule has 0 spiro atoms. The number of carbonyl (C=O) groups excluding carboxylic acids is 1. The number of nitrogens with two attached hydrogens (primary N) is 1. The van der Waals surface area contributed by atoms with Gasteiger partial charge in [-0.05, 0) is 30.9 Å². The zero-order chi connectivity index (χ0) is 13.0. The summed E-state index contributed by atoms with van der Waals surface area (Å²) in [6.07, 6.45) is 4.10. The van der Waals surface area contributed by atoms with E-state index in [2.05, 4.69) is 4.98 Å². The lowest BCUT2D eigenvalue weighted by Gasteiger charge is -2.16. The first-order valence-electron chi connectivity index (χ1n) is 6.21. The topological polar surface area (TPSA) is 68.5 Å². The molecule has 98 valence electrons. The number of carbonyl (C=O) groups is 1. The van der Waals surface area contributed by atoms with Gasteiger partial charge in [-0.3, -0.25) is 9.78 Å². The second kappa shape index (κ2) is 5.82. The average molecular weight is 249 g/mol. The van der Waals surface area contributed by atoms with Crippen molar-refractivity contribution in [2.75, 3.05) is 32.5 Å². The molecule has 5 nitrogen and oxygen atoms in total. The van der Waals surface area contributed by atoms with Crippen molar-refractivity contribution in [3.05, 3.63) is 24.0 Å². The molecule has 1 saturated carbocycles. The lowest BCUT2D eigenvalue weighted by atomic mass is 10.3. The smallest absolute Gasteiger partial charge is 0.272 e. The molecule has 5 heteroatoms. The monoisotopic (exact) mass is 249 g/mol. The first-order chi connectivity index (χ1) is 8.66. The van der Waals surface area contributed by atoms with Crippen molar-refractivity contribution in [2.45, 2.75) is 12.8 Å². The third-order valence-corrected chi connectivity index (χ3v) is 2.97. The van der Waals surface area contributed by atoms with Gasteiger partial charge in [0.25, 0.3) is 5.91 Å². The van der Waals surface area contributed by atoms with Gasteiger partial charge in [0.1, 0.15) is 5.69 Å². The zero-order valence-corrected chi connectivity index (χ0v) is 10.6. The Morgan fingerprint density at radius 1 is 1.61 bits per heavy atom. The Bertz CT molecular complexity index is 418. The van der Waals surface area contributed by atoms with E-state index in [1.807, 2.05) is 0 Å². The first kappa shape index (κ1) is 12.8. The summed E-state index contributed by atoms with van der Waals surface area (Å²) in [5, 5.41) is 0. The van der Waals surface area contributed by atoms with Gasteiger partial charge in [0, 0.05) is 32.1 Å². The van der Waals surface area contributed by atoms with E-state index in [1.54, 1.807) is 30.3 Å². The minimum Gasteiger partial charge on any atom is -0.399 e. The standard InChI is InChI=1S/C13H19N3O2/c1-16(6-7-18-9-10-2-3-10)13(17)12-8-11(14)4-5-15-12/h4-5,8,10H,2-3,6-7,9H2,1H3,(H2,14,15). The van der Waals surface area contributed by atoms with Crippen LogP contribution in [0.25, 0.3) is 0 Å². The van der Waals surface area contributed by atoms with Gasteiger partial charge in [-0.15, -0.1) is 0 Å². The van der Waals surface area contributed by atoms with Crippen molar-refractivity contribution in [3.8, 4) is 0 Å². The third-order valence-electron chi connectivity index (χ3n) is 2.97. The van der Waals surface area contributed by atoms with Crippen LogP contribution >= 0.6 is 0 Å². The lowest BCUT2D eigenvalue weighted by molar-refractivity contribution is 0.0676. The molecule has 1 aliphatic rings. The largest absolute Gasteiger partial charge is 0.399 e. The summed E-state index contributed by atoms with van der Waals surface area (Å²) in [6, 6.07) is 3.25. The van der Waals surface area contributed by atoms with Crippen molar-refractivity contribution >= 4 is 11.6 Å². The molecule has 0 aliphatic heterocycles. The molecule has 0 aromatic carbocycles. The summed E-state index contributed by atoms with van der Waals surface area (Å²) in [4.78, 5) is 17.6. The number of pyridine rings is 1. The molecule has 1 fully saturated rings. The Morgan fingerprint density at radius 3 is 3.06 bits per heavy atom. The molecule has 1 heterocycles. The summed E-state index contributed by atoms with van der Waals surface area (Å²) in [6.45, 7) is 1.96. The summed E-state index contributed by atoms with van der Waals surface area (Å²) in [5.41, 5.74) is 6.55. The van der Waals surface area contributed by atoms with Crippen LogP contribution in [0.2, 0.25) is 0 Å². The number of hydrogen-bond donors (Lipinski definition) is 1. The van der Waals surface area contributed by atoms with Crippen LogP contribution in [0.1, 0.15) is 23.3 Å². The number of rotatable bonds is 6. The maximum atomic E-state index is 12.0. The Balaban J connectivity index is 1.76. The Labute approximate surface area is 107 Å². The average Bonchev–Trinajstić information content (AvgIpc) is 3.17. The van der Waals surface area contributed by atoms with Gasteiger partial charge in [-0.2, -0.15) is 0 Å². The molecule has 0 unspecified atom stereocenters. The normalized spacial score (nSPS) is 14.5. The maximum absolute atomic E-state index is 12.0. The number of ether oxygens (including phenoxy) is 1. The molecule has 1 aliphatic carbocycles. The highest BCUT2D eigenvalue weighted by atomic mass is 16.5. The van der Waals surface area contributed by atoms with E-state index in [-0.39, 0.29) is 5.91 Å². The fourth-order valence-corrected chi connectivity index (χ4v) is 1.60. The Hall–Kier alpha value is -1.62. The highest BCUT2D eigenvalue weighted by Gasteiger charge is 2.21. The van der Waals surface area contributed by atoms with E-state index < -0.39 is 0 Å². The van der Waals surface area contributed by atoms with Crippen molar-refractivity contribution in [1.82, 2.24) is 9.88 Å². The molecular formula is C13H19N3O2. The highest BCUT2D eigenvalue weighted by Crippen LogP contribution is 2.28. The van der Waals surface area contributed by atoms with Crippen LogP contribution in [0.15, 0.2) is 18.3 Å². The van der Waals surface area contributed by atoms with Gasteiger partial charge in [-0.25, -0.2) is 0 Å². The maximum Gasteiger partial charge on any atom is 0.272 e. The number of nitrogen functional groups attached to an aromatic ring is 1. The van der Waals surface area contributed by atoms with Crippen molar-refractivity contribution in [1.29, 1.82) is 0 Å². The van der Waals surface area contributed by atoms with Crippen molar-refractivity contribution in [3.63, 3.8) is 0 Å². The Morgan fingerprint density at radius 2 is 2.39 bits per heavy atom. The second-order valence-electron chi connectivity index (χ2n) is 4.72. The first-order valence-corrected chi connectivity index (χ1v) is 6.21. The third kappa shape index (κ3) is 3.70. The summed E-state index contributed by atoms with van der Waals surface area (Å²) < 4.78 is 5.50. The Kier molecular flexibility index (Phi) is 4.15. The molecule has 1 aromatic rings. The second-order valence-corrected chi connectivity index (χ2v) is 4.72. The van der Waals surface area contributed by atoms with Crippen LogP contribution in [-0.4, -0.2) is 42.6 Å². The van der Waals surface area contributed by atoms with Crippen LogP contribution in [-0.2, 0) is 4.74 Å². The molecule has 2 rings (SSSR count). The number of amides is 1. The fourth-order valence-electron chi connectivity index (χ4n) is 1.60.